The fourth-order valence-corrected chi connectivity index (χ4v) is 2.67. The molecule has 0 bridgehead atoms. The zero-order valence-corrected chi connectivity index (χ0v) is 16.7. The van der Waals surface area contributed by atoms with E-state index in [0.29, 0.717) is 11.3 Å². The summed E-state index contributed by atoms with van der Waals surface area (Å²) >= 11 is 0. The van der Waals surface area contributed by atoms with E-state index in [1.165, 1.54) is 11.1 Å². The van der Waals surface area contributed by atoms with Gasteiger partial charge in [-0.05, 0) is 69.1 Å². The Bertz CT molecular complexity index is 787. The van der Waals surface area contributed by atoms with Crippen molar-refractivity contribution in [2.45, 2.75) is 46.3 Å². The van der Waals surface area contributed by atoms with Gasteiger partial charge >= 0.3 is 0 Å². The van der Waals surface area contributed by atoms with Crippen LogP contribution in [0.1, 0.15) is 44.4 Å². The summed E-state index contributed by atoms with van der Waals surface area (Å²) in [5.74, 6) is 0.719. The van der Waals surface area contributed by atoms with Crippen LogP contribution in [0, 0.1) is 11.3 Å². The first-order chi connectivity index (χ1) is 12.8. The fourth-order valence-electron chi connectivity index (χ4n) is 2.67. The van der Waals surface area contributed by atoms with Crippen LogP contribution < -0.4 is 4.74 Å². The average Bonchev–Trinajstić information content (AvgIpc) is 2.66. The molecule has 0 spiro atoms. The number of likely N-dealkylation sites (N-methyl/N-ethyl adjacent to an activating group) is 1. The van der Waals surface area contributed by atoms with E-state index in [2.05, 4.69) is 30.0 Å². The number of ketones is 1. The summed E-state index contributed by atoms with van der Waals surface area (Å²) in [7, 11) is 0. The van der Waals surface area contributed by atoms with Crippen LogP contribution in [-0.2, 0) is 17.8 Å². The van der Waals surface area contributed by atoms with Gasteiger partial charge in [-0.2, -0.15) is 5.26 Å². The summed E-state index contributed by atoms with van der Waals surface area (Å²) in [6.45, 7) is 10.1. The molecule has 0 radical (unpaired) electrons. The predicted octanol–water partition coefficient (Wildman–Crippen LogP) is 4.37. The topological polar surface area (TPSA) is 53.3 Å². The van der Waals surface area contributed by atoms with Crippen molar-refractivity contribution in [2.75, 3.05) is 13.1 Å². The number of benzene rings is 2. The summed E-state index contributed by atoms with van der Waals surface area (Å²) in [6.07, 6.45) is 0.945. The van der Waals surface area contributed by atoms with E-state index in [0.717, 1.165) is 26.1 Å². The Morgan fingerprint density at radius 2 is 1.67 bits per heavy atom. The minimum atomic E-state index is -0.804. The molecule has 0 aliphatic heterocycles. The fraction of sp³-hybridized carbons (Fsp3) is 0.391. The first-order valence-electron chi connectivity index (χ1n) is 9.34. The number of Topliss-reactive ketones (excluding diaryl/α,β-unsaturated/α-hetero) is 1. The molecule has 27 heavy (non-hydrogen) atoms. The third-order valence-corrected chi connectivity index (χ3v) is 4.80. The zero-order chi connectivity index (χ0) is 19.9. The second kappa shape index (κ2) is 9.34. The van der Waals surface area contributed by atoms with Crippen LogP contribution in [0.5, 0.6) is 5.75 Å². The summed E-state index contributed by atoms with van der Waals surface area (Å²) in [5, 5.41) is 8.89. The third-order valence-electron chi connectivity index (χ3n) is 4.80. The highest BCUT2D eigenvalue weighted by molar-refractivity contribution is 5.84. The van der Waals surface area contributed by atoms with Gasteiger partial charge in [-0.25, -0.2) is 0 Å². The molecular formula is C23H28N2O2. The van der Waals surface area contributed by atoms with Crippen molar-refractivity contribution in [1.29, 1.82) is 5.26 Å². The lowest BCUT2D eigenvalue weighted by atomic mass is 10.1. The van der Waals surface area contributed by atoms with Crippen LogP contribution in [0.25, 0.3) is 0 Å². The van der Waals surface area contributed by atoms with Gasteiger partial charge in [0.25, 0.3) is 0 Å². The van der Waals surface area contributed by atoms with E-state index in [4.69, 9.17) is 10.00 Å². The lowest BCUT2D eigenvalue weighted by molar-refractivity contribution is -0.129. The van der Waals surface area contributed by atoms with Crippen molar-refractivity contribution in [3.05, 3.63) is 65.2 Å². The van der Waals surface area contributed by atoms with Gasteiger partial charge in [0.15, 0.2) is 11.4 Å². The Morgan fingerprint density at radius 1 is 1.07 bits per heavy atom. The number of carbonyl (C=O) groups is 1. The minimum Gasteiger partial charge on any atom is -0.480 e. The highest BCUT2D eigenvalue weighted by Crippen LogP contribution is 2.20. The molecule has 0 saturated carbocycles. The molecule has 0 aliphatic carbocycles. The van der Waals surface area contributed by atoms with Crippen molar-refractivity contribution < 1.29 is 9.53 Å². The summed E-state index contributed by atoms with van der Waals surface area (Å²) in [6, 6.07) is 17.9. The molecule has 2 aromatic carbocycles. The van der Waals surface area contributed by atoms with Crippen LogP contribution in [0.2, 0.25) is 0 Å². The van der Waals surface area contributed by atoms with Crippen LogP contribution in [-0.4, -0.2) is 29.4 Å². The van der Waals surface area contributed by atoms with Gasteiger partial charge in [-0.1, -0.05) is 31.2 Å². The Balaban J connectivity index is 1.90. The SMILES string of the molecule is CCN(CCc1ccc(OC(C)(C)C(C)=O)cc1)Cc1ccc(C#N)cc1. The molecule has 0 fully saturated rings. The number of hydrogen-bond donors (Lipinski definition) is 0. The predicted molar refractivity (Wildman–Crippen MR) is 108 cm³/mol. The van der Waals surface area contributed by atoms with Gasteiger partial charge in [0.05, 0.1) is 11.6 Å². The Labute approximate surface area is 162 Å². The highest BCUT2D eigenvalue weighted by atomic mass is 16.5. The average molecular weight is 364 g/mol. The maximum Gasteiger partial charge on any atom is 0.172 e. The van der Waals surface area contributed by atoms with Gasteiger partial charge in [0, 0.05) is 13.1 Å². The van der Waals surface area contributed by atoms with Crippen molar-refractivity contribution in [2.24, 2.45) is 0 Å². The lowest BCUT2D eigenvalue weighted by Crippen LogP contribution is -2.36. The summed E-state index contributed by atoms with van der Waals surface area (Å²) < 4.78 is 5.78. The number of carbonyl (C=O) groups excluding carboxylic acids is 1. The number of ether oxygens (including phenoxy) is 1. The molecule has 0 saturated heterocycles. The normalized spacial score (nSPS) is 11.3. The number of hydrogen-bond acceptors (Lipinski definition) is 4. The quantitative estimate of drug-likeness (QED) is 0.663. The molecule has 0 heterocycles. The number of nitriles is 1. The highest BCUT2D eigenvalue weighted by Gasteiger charge is 2.25. The molecule has 4 nitrogen and oxygen atoms in total. The first kappa shape index (κ1) is 20.7. The number of rotatable bonds is 9. The van der Waals surface area contributed by atoms with Gasteiger partial charge in [0.1, 0.15) is 5.75 Å². The van der Waals surface area contributed by atoms with Crippen molar-refractivity contribution in [1.82, 2.24) is 4.90 Å². The van der Waals surface area contributed by atoms with E-state index < -0.39 is 5.60 Å². The molecule has 0 aromatic heterocycles. The van der Waals surface area contributed by atoms with Gasteiger partial charge in [-0.15, -0.1) is 0 Å². The van der Waals surface area contributed by atoms with Crippen molar-refractivity contribution in [3.63, 3.8) is 0 Å². The molecule has 4 heteroatoms. The van der Waals surface area contributed by atoms with Gasteiger partial charge in [0.2, 0.25) is 0 Å². The summed E-state index contributed by atoms with van der Waals surface area (Å²) in [5.41, 5.74) is 2.34. The molecule has 0 aliphatic rings. The molecule has 2 aromatic rings. The molecule has 0 amide bonds. The molecule has 142 valence electrons. The maximum absolute atomic E-state index is 11.6. The first-order valence-corrected chi connectivity index (χ1v) is 9.34. The molecule has 0 N–H and O–H groups in total. The minimum absolute atomic E-state index is 0.00738. The zero-order valence-electron chi connectivity index (χ0n) is 16.7. The van der Waals surface area contributed by atoms with Crippen LogP contribution in [0.4, 0.5) is 0 Å². The monoisotopic (exact) mass is 364 g/mol. The largest absolute Gasteiger partial charge is 0.480 e. The Kier molecular flexibility index (Phi) is 7.15. The van der Waals surface area contributed by atoms with Crippen molar-refractivity contribution in [3.8, 4) is 11.8 Å². The van der Waals surface area contributed by atoms with Gasteiger partial charge in [-0.3, -0.25) is 9.69 Å². The van der Waals surface area contributed by atoms with Crippen molar-refractivity contribution >= 4 is 5.78 Å². The van der Waals surface area contributed by atoms with E-state index in [-0.39, 0.29) is 5.78 Å². The van der Waals surface area contributed by atoms with Crippen LogP contribution in [0.3, 0.4) is 0 Å². The maximum atomic E-state index is 11.6. The Hall–Kier alpha value is -2.64. The van der Waals surface area contributed by atoms with E-state index in [9.17, 15) is 4.79 Å². The summed E-state index contributed by atoms with van der Waals surface area (Å²) in [4.78, 5) is 14.0. The molecule has 2 rings (SSSR count). The van der Waals surface area contributed by atoms with E-state index in [1.54, 1.807) is 20.8 Å². The van der Waals surface area contributed by atoms with Crippen LogP contribution >= 0.6 is 0 Å². The van der Waals surface area contributed by atoms with Gasteiger partial charge < -0.3 is 4.74 Å². The third kappa shape index (κ3) is 6.23. The molecular weight excluding hydrogens is 336 g/mol. The smallest absolute Gasteiger partial charge is 0.172 e. The van der Waals surface area contributed by atoms with E-state index >= 15 is 0 Å². The lowest BCUT2D eigenvalue weighted by Gasteiger charge is -2.23. The van der Waals surface area contributed by atoms with Crippen LogP contribution in [0.15, 0.2) is 48.5 Å². The standard InChI is InChI=1S/C23H28N2O2/c1-5-25(17-21-8-6-20(16-24)7-9-21)15-14-19-10-12-22(13-11-19)27-23(3,4)18(2)26/h6-13H,5,14-15,17H2,1-4H3. The molecule has 0 atom stereocenters. The second-order valence-corrected chi connectivity index (χ2v) is 7.24. The Morgan fingerprint density at radius 3 is 2.19 bits per heavy atom. The molecule has 0 unspecified atom stereocenters. The number of nitrogens with zero attached hydrogens (tertiary/aromatic N) is 2. The van der Waals surface area contributed by atoms with E-state index in [1.807, 2.05) is 36.4 Å². The second-order valence-electron chi connectivity index (χ2n) is 7.24.